The largest absolute Gasteiger partial charge is 0.352 e. The van der Waals surface area contributed by atoms with Crippen molar-refractivity contribution in [2.24, 2.45) is 0 Å². The predicted octanol–water partition coefficient (Wildman–Crippen LogP) is 4.48. The fourth-order valence-corrected chi connectivity index (χ4v) is 6.89. The Morgan fingerprint density at radius 3 is 2.34 bits per heavy atom. The maximum Gasteiger partial charge on any atom is 0.352 e. The van der Waals surface area contributed by atoms with Crippen LogP contribution in [0.25, 0.3) is 10.8 Å². The zero-order chi connectivity index (χ0) is 20.9. The van der Waals surface area contributed by atoms with Gasteiger partial charge in [-0.05, 0) is 31.5 Å². The Morgan fingerprint density at radius 1 is 1.00 bits per heavy atom. The molecule has 2 aromatic carbocycles. The molecule has 0 spiro atoms. The van der Waals surface area contributed by atoms with Gasteiger partial charge < -0.3 is 9.05 Å². The molecule has 3 aromatic rings. The van der Waals surface area contributed by atoms with Gasteiger partial charge in [-0.3, -0.25) is 9.55 Å². The van der Waals surface area contributed by atoms with E-state index in [4.69, 9.17) is 9.05 Å². The zero-order valence-corrected chi connectivity index (χ0v) is 17.9. The topological polar surface area (TPSA) is 94.6 Å². The van der Waals surface area contributed by atoms with Crippen molar-refractivity contribution in [3.63, 3.8) is 0 Å². The van der Waals surface area contributed by atoms with E-state index in [2.05, 4.69) is 9.71 Å². The summed E-state index contributed by atoms with van der Waals surface area (Å²) in [4.78, 5) is 4.10. The molecule has 7 nitrogen and oxygen atoms in total. The molecule has 1 N–H and O–H groups in total. The first-order chi connectivity index (χ1) is 13.9. The van der Waals surface area contributed by atoms with Crippen molar-refractivity contribution in [1.82, 2.24) is 9.71 Å². The number of hydrogen-bond donors (Lipinski definition) is 1. The standard InChI is InChI=1S/C20H23N2O5PS/c1-3-26-28(23,27-4-2)20(16-9-6-5-7-10-16)22-29(24,25)19-12-8-11-17-15-21-14-13-18(17)19/h5-15,20,22H,3-4H2,1-2H3. The predicted molar refractivity (Wildman–Crippen MR) is 112 cm³/mol. The number of fused-ring (bicyclic) bond motifs is 1. The lowest BCUT2D eigenvalue weighted by Crippen LogP contribution is -2.30. The maximum atomic E-state index is 13.5. The molecule has 1 heterocycles. The number of rotatable bonds is 9. The molecule has 0 fully saturated rings. The minimum Gasteiger partial charge on any atom is -0.308 e. The van der Waals surface area contributed by atoms with E-state index < -0.39 is 23.4 Å². The highest BCUT2D eigenvalue weighted by Gasteiger charge is 2.40. The summed E-state index contributed by atoms with van der Waals surface area (Å²) in [5.41, 5.74) is 0.489. The Morgan fingerprint density at radius 2 is 1.69 bits per heavy atom. The summed E-state index contributed by atoms with van der Waals surface area (Å²) in [6.07, 6.45) is 3.12. The van der Waals surface area contributed by atoms with Gasteiger partial charge >= 0.3 is 7.60 Å². The summed E-state index contributed by atoms with van der Waals surface area (Å²) >= 11 is 0. The molecule has 154 valence electrons. The van der Waals surface area contributed by atoms with Gasteiger partial charge in [-0.15, -0.1) is 0 Å². The lowest BCUT2D eigenvalue weighted by atomic mass is 10.2. The quantitative estimate of drug-likeness (QED) is 0.499. The summed E-state index contributed by atoms with van der Waals surface area (Å²) < 4.78 is 53.6. The first-order valence-electron chi connectivity index (χ1n) is 9.20. The minimum atomic E-state index is -4.06. The van der Waals surface area contributed by atoms with Gasteiger partial charge in [0.25, 0.3) is 0 Å². The molecule has 1 atom stereocenters. The molecule has 9 heteroatoms. The first-order valence-corrected chi connectivity index (χ1v) is 12.3. The van der Waals surface area contributed by atoms with Crippen LogP contribution in [0.3, 0.4) is 0 Å². The maximum absolute atomic E-state index is 13.5. The van der Waals surface area contributed by atoms with Crippen LogP contribution in [0.2, 0.25) is 0 Å². The molecule has 0 amide bonds. The SMILES string of the molecule is CCOP(=O)(OCC)C(NS(=O)(=O)c1cccc2cnccc12)c1ccccc1. The number of benzene rings is 2. The van der Waals surface area contributed by atoms with Gasteiger partial charge in [0, 0.05) is 23.2 Å². The van der Waals surface area contributed by atoms with E-state index in [9.17, 15) is 13.0 Å². The Bertz CT molecular complexity index is 1110. The van der Waals surface area contributed by atoms with Crippen LogP contribution in [0.4, 0.5) is 0 Å². The van der Waals surface area contributed by atoms with E-state index >= 15 is 0 Å². The fraction of sp³-hybridized carbons (Fsp3) is 0.250. The second-order valence-corrected chi connectivity index (χ2v) is 9.96. The van der Waals surface area contributed by atoms with E-state index in [-0.39, 0.29) is 18.1 Å². The molecule has 1 aromatic heterocycles. The van der Waals surface area contributed by atoms with Crippen molar-refractivity contribution in [3.8, 4) is 0 Å². The molecule has 29 heavy (non-hydrogen) atoms. The average molecular weight is 434 g/mol. The molecule has 0 aliphatic carbocycles. The highest BCUT2D eigenvalue weighted by molar-refractivity contribution is 7.90. The van der Waals surface area contributed by atoms with Crippen LogP contribution >= 0.6 is 7.60 Å². The summed E-state index contributed by atoms with van der Waals surface area (Å²) in [6, 6.07) is 15.2. The number of aromatic nitrogens is 1. The van der Waals surface area contributed by atoms with Crippen molar-refractivity contribution in [3.05, 3.63) is 72.6 Å². The molecule has 0 bridgehead atoms. The van der Waals surface area contributed by atoms with E-state index in [0.29, 0.717) is 16.3 Å². The van der Waals surface area contributed by atoms with Crippen molar-refractivity contribution < 1.29 is 22.0 Å². The third-order valence-electron chi connectivity index (χ3n) is 4.25. The number of nitrogens with zero attached hydrogens (tertiary/aromatic N) is 1. The van der Waals surface area contributed by atoms with E-state index in [0.717, 1.165) is 0 Å². The van der Waals surface area contributed by atoms with Gasteiger partial charge in [-0.1, -0.05) is 42.5 Å². The number of nitrogens with one attached hydrogen (secondary N) is 1. The summed E-state index contributed by atoms with van der Waals surface area (Å²) in [7, 11) is -7.90. The number of pyridine rings is 1. The Balaban J connectivity index is 2.11. The summed E-state index contributed by atoms with van der Waals surface area (Å²) in [5.74, 6) is -1.19. The second-order valence-electron chi connectivity index (χ2n) is 6.16. The van der Waals surface area contributed by atoms with E-state index in [1.165, 1.54) is 12.3 Å². The summed E-state index contributed by atoms with van der Waals surface area (Å²) in [5, 5.41) is 1.20. The minimum absolute atomic E-state index is 0.0675. The van der Waals surface area contributed by atoms with Crippen LogP contribution in [0, 0.1) is 0 Å². The molecule has 1 unspecified atom stereocenters. The first kappa shape index (κ1) is 21.6. The highest BCUT2D eigenvalue weighted by Crippen LogP contribution is 2.60. The monoisotopic (exact) mass is 434 g/mol. The van der Waals surface area contributed by atoms with Crippen LogP contribution in [-0.4, -0.2) is 26.6 Å². The molecular formula is C20H23N2O5PS. The van der Waals surface area contributed by atoms with Crippen LogP contribution < -0.4 is 4.72 Å². The molecule has 0 saturated carbocycles. The average Bonchev–Trinajstić information content (AvgIpc) is 2.72. The highest BCUT2D eigenvalue weighted by atomic mass is 32.2. The number of sulfonamides is 1. The van der Waals surface area contributed by atoms with Crippen LogP contribution in [0.5, 0.6) is 0 Å². The molecule has 0 saturated heterocycles. The van der Waals surface area contributed by atoms with Gasteiger partial charge in [0.2, 0.25) is 10.0 Å². The zero-order valence-electron chi connectivity index (χ0n) is 16.2. The van der Waals surface area contributed by atoms with Crippen molar-refractivity contribution >= 4 is 28.4 Å². The van der Waals surface area contributed by atoms with Crippen LogP contribution in [-0.2, 0) is 23.6 Å². The molecule has 0 aliphatic rings. The van der Waals surface area contributed by atoms with Crippen LogP contribution in [0.1, 0.15) is 25.2 Å². The summed E-state index contributed by atoms with van der Waals surface area (Å²) in [6.45, 7) is 3.59. The van der Waals surface area contributed by atoms with Crippen molar-refractivity contribution in [1.29, 1.82) is 0 Å². The van der Waals surface area contributed by atoms with Crippen LogP contribution in [0.15, 0.2) is 71.9 Å². The third kappa shape index (κ3) is 4.74. The van der Waals surface area contributed by atoms with Gasteiger partial charge in [-0.25, -0.2) is 8.42 Å². The Labute approximate surface area is 170 Å². The van der Waals surface area contributed by atoms with Gasteiger partial charge in [0.15, 0.2) is 0 Å². The number of hydrogen-bond acceptors (Lipinski definition) is 6. The molecule has 0 radical (unpaired) electrons. The lowest BCUT2D eigenvalue weighted by molar-refractivity contribution is 0.210. The van der Waals surface area contributed by atoms with Crippen molar-refractivity contribution in [2.45, 2.75) is 24.5 Å². The van der Waals surface area contributed by atoms with Crippen molar-refractivity contribution in [2.75, 3.05) is 13.2 Å². The Kier molecular flexibility index (Phi) is 6.82. The lowest BCUT2D eigenvalue weighted by Gasteiger charge is -2.27. The van der Waals surface area contributed by atoms with E-state index in [1.54, 1.807) is 68.6 Å². The molecule has 3 rings (SSSR count). The van der Waals surface area contributed by atoms with E-state index in [1.807, 2.05) is 0 Å². The molecule has 0 aliphatic heterocycles. The fourth-order valence-electron chi connectivity index (χ4n) is 3.03. The van der Waals surface area contributed by atoms with Gasteiger partial charge in [0.1, 0.15) is 5.78 Å². The normalized spacial score (nSPS) is 13.4. The second kappa shape index (κ2) is 9.15. The Hall–Kier alpha value is -2.09. The van der Waals surface area contributed by atoms with Gasteiger partial charge in [-0.2, -0.15) is 4.72 Å². The smallest absolute Gasteiger partial charge is 0.308 e. The molecular weight excluding hydrogens is 411 g/mol. The van der Waals surface area contributed by atoms with Gasteiger partial charge in [0.05, 0.1) is 18.1 Å². The third-order valence-corrected chi connectivity index (χ3v) is 8.20.